The second kappa shape index (κ2) is 3.49. The summed E-state index contributed by atoms with van der Waals surface area (Å²) in [7, 11) is 0. The van der Waals surface area contributed by atoms with Crippen LogP contribution >= 0.6 is 0 Å². The molecule has 1 nitrogen and oxygen atoms in total. The molecule has 0 amide bonds. The van der Waals surface area contributed by atoms with Gasteiger partial charge < -0.3 is 4.74 Å². The summed E-state index contributed by atoms with van der Waals surface area (Å²) in [4.78, 5) is 0. The van der Waals surface area contributed by atoms with Gasteiger partial charge in [0.1, 0.15) is 11.4 Å². The van der Waals surface area contributed by atoms with Crippen LogP contribution in [0.5, 0.6) is 5.75 Å². The van der Waals surface area contributed by atoms with Gasteiger partial charge in [0.2, 0.25) is 0 Å². The van der Waals surface area contributed by atoms with Crippen LogP contribution in [0.15, 0.2) is 36.4 Å². The molecule has 1 heteroatoms. The maximum absolute atomic E-state index is 6.16. The highest BCUT2D eigenvalue weighted by atomic mass is 16.5. The Bertz CT molecular complexity index is 573. The minimum atomic E-state index is -0.0491. The number of hydrogen-bond donors (Lipinski definition) is 0. The molecule has 0 radical (unpaired) electrons. The van der Waals surface area contributed by atoms with Gasteiger partial charge >= 0.3 is 0 Å². The van der Waals surface area contributed by atoms with E-state index >= 15 is 0 Å². The first-order valence-electron chi connectivity index (χ1n) is 6.36. The zero-order valence-corrected chi connectivity index (χ0v) is 10.7. The van der Waals surface area contributed by atoms with E-state index in [1.54, 1.807) is 0 Å². The van der Waals surface area contributed by atoms with Gasteiger partial charge in [0.15, 0.2) is 0 Å². The summed E-state index contributed by atoms with van der Waals surface area (Å²) in [5.41, 5.74) is 1.33. The van der Waals surface area contributed by atoms with Gasteiger partial charge in [-0.3, -0.25) is 0 Å². The Morgan fingerprint density at radius 1 is 1.18 bits per heavy atom. The Kier molecular flexibility index (Phi) is 2.19. The molecular formula is C16H18O. The molecule has 2 aromatic rings. The molecule has 2 atom stereocenters. The maximum atomic E-state index is 6.16. The van der Waals surface area contributed by atoms with E-state index in [1.165, 1.54) is 16.3 Å². The second-order valence-electron chi connectivity index (χ2n) is 5.19. The fourth-order valence-electron chi connectivity index (χ4n) is 2.83. The Labute approximate surface area is 102 Å². The van der Waals surface area contributed by atoms with Crippen molar-refractivity contribution in [2.24, 2.45) is 0 Å². The van der Waals surface area contributed by atoms with Gasteiger partial charge in [-0.15, -0.1) is 0 Å². The molecule has 3 rings (SSSR count). The van der Waals surface area contributed by atoms with E-state index in [9.17, 15) is 0 Å². The molecule has 0 N–H and O–H groups in total. The molecule has 0 aromatic heterocycles. The molecule has 1 aliphatic rings. The third-order valence-electron chi connectivity index (χ3n) is 4.32. The highest BCUT2D eigenvalue weighted by molar-refractivity contribution is 5.89. The van der Waals surface area contributed by atoms with Crippen molar-refractivity contribution < 1.29 is 4.74 Å². The quantitative estimate of drug-likeness (QED) is 0.695. The van der Waals surface area contributed by atoms with E-state index in [2.05, 4.69) is 57.2 Å². The van der Waals surface area contributed by atoms with Crippen LogP contribution in [0.4, 0.5) is 0 Å². The predicted octanol–water partition coefficient (Wildman–Crippen LogP) is 4.50. The fourth-order valence-corrected chi connectivity index (χ4v) is 2.83. The first kappa shape index (κ1) is 10.6. The van der Waals surface area contributed by atoms with Crippen molar-refractivity contribution in [1.82, 2.24) is 0 Å². The molecule has 0 saturated heterocycles. The van der Waals surface area contributed by atoms with E-state index in [0.29, 0.717) is 5.92 Å². The summed E-state index contributed by atoms with van der Waals surface area (Å²) in [5.74, 6) is 1.52. The number of rotatable bonds is 1. The maximum Gasteiger partial charge on any atom is 0.124 e. The molecule has 88 valence electrons. The lowest BCUT2D eigenvalue weighted by molar-refractivity contribution is 0.0896. The Balaban J connectivity index is 2.27. The lowest BCUT2D eigenvalue weighted by atomic mass is 9.83. The van der Waals surface area contributed by atoms with Crippen LogP contribution in [-0.2, 0) is 0 Å². The third-order valence-corrected chi connectivity index (χ3v) is 4.32. The standard InChI is InChI=1S/C16H18O/c1-4-16(3)11(2)15-13-8-6-5-7-12(13)9-10-14(15)17-16/h5-11H,4H2,1-3H3. The zero-order chi connectivity index (χ0) is 12.0. The average Bonchev–Trinajstić information content (AvgIpc) is 2.63. The highest BCUT2D eigenvalue weighted by Crippen LogP contribution is 2.48. The summed E-state index contributed by atoms with van der Waals surface area (Å²) in [6, 6.07) is 12.8. The van der Waals surface area contributed by atoms with Gasteiger partial charge in [0.05, 0.1) is 0 Å². The first-order valence-corrected chi connectivity index (χ1v) is 6.36. The smallest absolute Gasteiger partial charge is 0.124 e. The van der Waals surface area contributed by atoms with Gasteiger partial charge in [0, 0.05) is 11.5 Å². The summed E-state index contributed by atoms with van der Waals surface area (Å²) in [5, 5.41) is 2.65. The highest BCUT2D eigenvalue weighted by Gasteiger charge is 2.41. The van der Waals surface area contributed by atoms with E-state index in [-0.39, 0.29) is 5.60 Å². The minimum Gasteiger partial charge on any atom is -0.487 e. The molecule has 1 heterocycles. The first-order chi connectivity index (χ1) is 8.15. The molecule has 0 saturated carbocycles. The second-order valence-corrected chi connectivity index (χ2v) is 5.19. The van der Waals surface area contributed by atoms with Crippen LogP contribution in [0.25, 0.3) is 10.8 Å². The van der Waals surface area contributed by atoms with E-state index in [1.807, 2.05) is 0 Å². The summed E-state index contributed by atoms with van der Waals surface area (Å²) < 4.78 is 6.16. The van der Waals surface area contributed by atoms with Crippen LogP contribution in [0.3, 0.4) is 0 Å². The number of hydrogen-bond acceptors (Lipinski definition) is 1. The SMILES string of the molecule is CCC1(C)Oc2ccc3ccccc3c2C1C. The molecular weight excluding hydrogens is 208 g/mol. The van der Waals surface area contributed by atoms with Crippen LogP contribution in [0, 0.1) is 0 Å². The number of fused-ring (bicyclic) bond motifs is 3. The number of benzene rings is 2. The Hall–Kier alpha value is -1.50. The van der Waals surface area contributed by atoms with E-state index in [0.717, 1.165) is 12.2 Å². The van der Waals surface area contributed by atoms with Crippen molar-refractivity contribution in [3.63, 3.8) is 0 Å². The molecule has 1 aliphatic heterocycles. The van der Waals surface area contributed by atoms with Crippen molar-refractivity contribution in [3.05, 3.63) is 42.0 Å². The van der Waals surface area contributed by atoms with Gasteiger partial charge in [0.25, 0.3) is 0 Å². The van der Waals surface area contributed by atoms with Crippen molar-refractivity contribution in [3.8, 4) is 5.75 Å². The molecule has 17 heavy (non-hydrogen) atoms. The van der Waals surface area contributed by atoms with E-state index in [4.69, 9.17) is 4.74 Å². The monoisotopic (exact) mass is 226 g/mol. The molecule has 2 unspecified atom stereocenters. The molecule has 0 spiro atoms. The lowest BCUT2D eigenvalue weighted by Gasteiger charge is -2.27. The normalized spacial score (nSPS) is 26.9. The van der Waals surface area contributed by atoms with Gasteiger partial charge in [-0.05, 0) is 30.2 Å². The average molecular weight is 226 g/mol. The van der Waals surface area contributed by atoms with Crippen molar-refractivity contribution >= 4 is 10.8 Å². The van der Waals surface area contributed by atoms with Crippen LogP contribution in [-0.4, -0.2) is 5.60 Å². The van der Waals surface area contributed by atoms with Gasteiger partial charge in [-0.1, -0.05) is 44.2 Å². The summed E-state index contributed by atoms with van der Waals surface area (Å²) >= 11 is 0. The molecule has 2 aromatic carbocycles. The van der Waals surface area contributed by atoms with Crippen molar-refractivity contribution in [2.45, 2.75) is 38.7 Å². The molecule has 0 aliphatic carbocycles. The largest absolute Gasteiger partial charge is 0.487 e. The molecule has 0 bridgehead atoms. The topological polar surface area (TPSA) is 9.23 Å². The zero-order valence-electron chi connectivity index (χ0n) is 10.7. The van der Waals surface area contributed by atoms with Gasteiger partial charge in [-0.2, -0.15) is 0 Å². The van der Waals surface area contributed by atoms with Crippen LogP contribution < -0.4 is 4.74 Å². The number of ether oxygens (including phenoxy) is 1. The summed E-state index contributed by atoms with van der Waals surface area (Å²) in [6.45, 7) is 6.69. The Morgan fingerprint density at radius 3 is 2.71 bits per heavy atom. The summed E-state index contributed by atoms with van der Waals surface area (Å²) in [6.07, 6.45) is 1.04. The lowest BCUT2D eigenvalue weighted by Crippen LogP contribution is -2.31. The molecule has 0 fully saturated rings. The Morgan fingerprint density at radius 2 is 1.94 bits per heavy atom. The minimum absolute atomic E-state index is 0.0491. The third kappa shape index (κ3) is 1.38. The van der Waals surface area contributed by atoms with Crippen LogP contribution in [0.1, 0.15) is 38.7 Å². The van der Waals surface area contributed by atoms with E-state index < -0.39 is 0 Å². The van der Waals surface area contributed by atoms with Gasteiger partial charge in [-0.25, -0.2) is 0 Å². The van der Waals surface area contributed by atoms with Crippen LogP contribution in [0.2, 0.25) is 0 Å². The van der Waals surface area contributed by atoms with Crippen molar-refractivity contribution in [2.75, 3.05) is 0 Å². The fraction of sp³-hybridized carbons (Fsp3) is 0.375. The predicted molar refractivity (Wildman–Crippen MR) is 71.7 cm³/mol. The van der Waals surface area contributed by atoms with Crippen molar-refractivity contribution in [1.29, 1.82) is 0 Å².